The number of hydrogen-bond donors (Lipinski definition) is 0. The highest BCUT2D eigenvalue weighted by molar-refractivity contribution is 9.08. The average Bonchev–Trinajstić information content (AvgIpc) is 2.46. The molecule has 0 N–H and O–H groups in total. The van der Waals surface area contributed by atoms with E-state index in [2.05, 4.69) is 15.9 Å². The van der Waals surface area contributed by atoms with Crippen molar-refractivity contribution in [3.8, 4) is 5.75 Å². The normalized spacial score (nSPS) is 10.3. The smallest absolute Gasteiger partial charge is 0.270 e. The Morgan fingerprint density at radius 3 is 2.60 bits per heavy atom. The largest absolute Gasteiger partial charge is 0.489 e. The molecule has 0 aromatic heterocycles. The molecule has 0 bridgehead atoms. The molecule has 0 aliphatic carbocycles. The first kappa shape index (κ1) is 14.5. The minimum Gasteiger partial charge on any atom is -0.489 e. The number of nitro benzene ring substituents is 1. The van der Waals surface area contributed by atoms with E-state index >= 15 is 0 Å². The van der Waals surface area contributed by atoms with Gasteiger partial charge >= 0.3 is 0 Å². The molecule has 0 radical (unpaired) electrons. The molecule has 2 aromatic rings. The molecule has 0 aliphatic heterocycles. The van der Waals surface area contributed by atoms with Crippen LogP contribution >= 0.6 is 15.9 Å². The minimum atomic E-state index is -0.405. The van der Waals surface area contributed by atoms with Crippen molar-refractivity contribution in [2.75, 3.05) is 0 Å². The second-order valence-electron chi connectivity index (χ2n) is 4.40. The van der Waals surface area contributed by atoms with Gasteiger partial charge in [-0.05, 0) is 24.1 Å². The zero-order valence-corrected chi connectivity index (χ0v) is 12.6. The lowest BCUT2D eigenvalue weighted by molar-refractivity contribution is -0.384. The summed E-state index contributed by atoms with van der Waals surface area (Å²) in [7, 11) is 0. The molecule has 2 rings (SSSR count). The lowest BCUT2D eigenvalue weighted by atomic mass is 10.1. The van der Waals surface area contributed by atoms with E-state index in [1.165, 1.54) is 12.1 Å². The molecule has 0 fully saturated rings. The third-order valence-corrected chi connectivity index (χ3v) is 3.65. The van der Waals surface area contributed by atoms with Crippen LogP contribution in [-0.2, 0) is 11.9 Å². The molecule has 4 nitrogen and oxygen atoms in total. The predicted molar refractivity (Wildman–Crippen MR) is 81.2 cm³/mol. The lowest BCUT2D eigenvalue weighted by Gasteiger charge is -2.11. The number of non-ortho nitro benzene ring substituents is 1. The maximum Gasteiger partial charge on any atom is 0.270 e. The fraction of sp³-hybridized carbons (Fsp3) is 0.200. The molecule has 0 heterocycles. The van der Waals surface area contributed by atoms with Crippen molar-refractivity contribution in [2.24, 2.45) is 0 Å². The SMILES string of the molecule is Cc1ccccc1COc1ccc([N+](=O)[O-])cc1CBr. The first-order valence-electron chi connectivity index (χ1n) is 6.12. The van der Waals surface area contributed by atoms with E-state index in [-0.39, 0.29) is 5.69 Å². The number of halogens is 1. The Morgan fingerprint density at radius 2 is 1.95 bits per heavy atom. The van der Waals surface area contributed by atoms with Gasteiger partial charge in [-0.15, -0.1) is 0 Å². The number of aryl methyl sites for hydroxylation is 1. The molecule has 0 amide bonds. The van der Waals surface area contributed by atoms with Gasteiger partial charge in [-0.2, -0.15) is 0 Å². The van der Waals surface area contributed by atoms with E-state index < -0.39 is 4.92 Å². The highest BCUT2D eigenvalue weighted by Gasteiger charge is 2.11. The average molecular weight is 336 g/mol. The van der Waals surface area contributed by atoms with E-state index in [0.717, 1.165) is 16.7 Å². The highest BCUT2D eigenvalue weighted by atomic mass is 79.9. The van der Waals surface area contributed by atoms with Crippen LogP contribution in [-0.4, -0.2) is 4.92 Å². The number of ether oxygens (including phenoxy) is 1. The molecule has 104 valence electrons. The Morgan fingerprint density at radius 1 is 1.20 bits per heavy atom. The van der Waals surface area contributed by atoms with Gasteiger partial charge in [-0.3, -0.25) is 10.1 Å². The summed E-state index contributed by atoms with van der Waals surface area (Å²) in [6, 6.07) is 12.6. The topological polar surface area (TPSA) is 52.4 Å². The standard InChI is InChI=1S/C15H14BrNO3/c1-11-4-2-3-5-12(11)10-20-15-7-6-14(17(18)19)8-13(15)9-16/h2-8H,9-10H2,1H3. The maximum absolute atomic E-state index is 10.8. The van der Waals surface area contributed by atoms with Crippen LogP contribution in [0.3, 0.4) is 0 Å². The quantitative estimate of drug-likeness (QED) is 0.463. The number of rotatable bonds is 5. The summed E-state index contributed by atoms with van der Waals surface area (Å²) in [5.41, 5.74) is 3.11. The van der Waals surface area contributed by atoms with Crippen LogP contribution in [0.5, 0.6) is 5.75 Å². The molecule has 20 heavy (non-hydrogen) atoms. The number of nitro groups is 1. The zero-order chi connectivity index (χ0) is 14.5. The summed E-state index contributed by atoms with van der Waals surface area (Å²) in [5.74, 6) is 0.663. The predicted octanol–water partition coefficient (Wildman–Crippen LogP) is 4.38. The zero-order valence-electron chi connectivity index (χ0n) is 11.0. The molecule has 0 atom stereocenters. The summed E-state index contributed by atoms with van der Waals surface area (Å²) in [5, 5.41) is 11.3. The van der Waals surface area contributed by atoms with Gasteiger partial charge in [0, 0.05) is 23.0 Å². The maximum atomic E-state index is 10.8. The van der Waals surface area contributed by atoms with Crippen molar-refractivity contribution in [3.05, 3.63) is 69.3 Å². The molecule has 5 heteroatoms. The number of alkyl halides is 1. The summed E-state index contributed by atoms with van der Waals surface area (Å²) in [6.07, 6.45) is 0. The number of nitrogens with zero attached hydrogens (tertiary/aromatic N) is 1. The summed E-state index contributed by atoms with van der Waals surface area (Å²) in [6.45, 7) is 2.48. The van der Waals surface area contributed by atoms with Crippen LogP contribution in [0.15, 0.2) is 42.5 Å². The van der Waals surface area contributed by atoms with Crippen molar-refractivity contribution in [3.63, 3.8) is 0 Å². The Labute approximate surface area is 125 Å². The van der Waals surface area contributed by atoms with Crippen molar-refractivity contribution in [2.45, 2.75) is 18.9 Å². The minimum absolute atomic E-state index is 0.0719. The molecular formula is C15H14BrNO3. The van der Waals surface area contributed by atoms with Gasteiger partial charge < -0.3 is 4.74 Å². The van der Waals surface area contributed by atoms with E-state index in [1.54, 1.807) is 6.07 Å². The van der Waals surface area contributed by atoms with Gasteiger partial charge in [0.25, 0.3) is 5.69 Å². The van der Waals surface area contributed by atoms with Crippen molar-refractivity contribution >= 4 is 21.6 Å². The summed E-state index contributed by atoms with van der Waals surface area (Å²) in [4.78, 5) is 10.3. The molecule has 0 aliphatic rings. The van der Waals surface area contributed by atoms with Crippen LogP contribution in [0.4, 0.5) is 5.69 Å². The second kappa shape index (κ2) is 6.52. The van der Waals surface area contributed by atoms with Gasteiger partial charge in [0.05, 0.1) is 4.92 Å². The van der Waals surface area contributed by atoms with Crippen molar-refractivity contribution in [1.29, 1.82) is 0 Å². The second-order valence-corrected chi connectivity index (χ2v) is 4.96. The van der Waals surface area contributed by atoms with Gasteiger partial charge in [-0.1, -0.05) is 40.2 Å². The van der Waals surface area contributed by atoms with Crippen molar-refractivity contribution in [1.82, 2.24) is 0 Å². The monoisotopic (exact) mass is 335 g/mol. The van der Waals surface area contributed by atoms with Crippen LogP contribution in [0, 0.1) is 17.0 Å². The van der Waals surface area contributed by atoms with Crippen LogP contribution in [0.2, 0.25) is 0 Å². The Balaban J connectivity index is 2.17. The Bertz CT molecular complexity index is 628. The van der Waals surface area contributed by atoms with Gasteiger partial charge in [0.1, 0.15) is 12.4 Å². The van der Waals surface area contributed by atoms with Crippen LogP contribution < -0.4 is 4.74 Å². The fourth-order valence-electron chi connectivity index (χ4n) is 1.85. The Hall–Kier alpha value is -1.88. The van der Waals surface area contributed by atoms with Gasteiger partial charge in [-0.25, -0.2) is 0 Å². The molecule has 0 unspecified atom stereocenters. The molecular weight excluding hydrogens is 322 g/mol. The van der Waals surface area contributed by atoms with E-state index in [0.29, 0.717) is 17.7 Å². The van der Waals surface area contributed by atoms with Gasteiger partial charge in [0.15, 0.2) is 0 Å². The van der Waals surface area contributed by atoms with E-state index in [9.17, 15) is 10.1 Å². The Kier molecular flexibility index (Phi) is 4.74. The third-order valence-electron chi connectivity index (χ3n) is 3.04. The number of hydrogen-bond acceptors (Lipinski definition) is 3. The van der Waals surface area contributed by atoms with E-state index in [1.807, 2.05) is 31.2 Å². The molecule has 0 spiro atoms. The molecule has 2 aromatic carbocycles. The summed E-state index contributed by atoms with van der Waals surface area (Å²) < 4.78 is 5.78. The fourth-order valence-corrected chi connectivity index (χ4v) is 2.29. The number of benzene rings is 2. The highest BCUT2D eigenvalue weighted by Crippen LogP contribution is 2.27. The van der Waals surface area contributed by atoms with Crippen LogP contribution in [0.25, 0.3) is 0 Å². The third kappa shape index (κ3) is 3.36. The van der Waals surface area contributed by atoms with E-state index in [4.69, 9.17) is 4.74 Å². The van der Waals surface area contributed by atoms with Gasteiger partial charge in [0.2, 0.25) is 0 Å². The first-order chi connectivity index (χ1) is 9.61. The molecule has 0 saturated heterocycles. The van der Waals surface area contributed by atoms with Crippen molar-refractivity contribution < 1.29 is 9.66 Å². The molecule has 0 saturated carbocycles. The first-order valence-corrected chi connectivity index (χ1v) is 7.24. The summed E-state index contributed by atoms with van der Waals surface area (Å²) >= 11 is 3.33. The van der Waals surface area contributed by atoms with Crippen LogP contribution in [0.1, 0.15) is 16.7 Å². The lowest BCUT2D eigenvalue weighted by Crippen LogP contribution is -2.00.